The SMILES string of the molecule is COC(=O)c1cc(Br)cc(Br)c1NC(=O)C1(N)CC1. The van der Waals surface area contributed by atoms with Gasteiger partial charge in [-0.3, -0.25) is 4.79 Å². The molecule has 0 aromatic heterocycles. The Kier molecular flexibility index (Phi) is 3.98. The molecule has 1 aliphatic rings. The molecule has 3 N–H and O–H groups in total. The molecular formula is C12H12Br2N2O3. The van der Waals surface area contributed by atoms with Crippen LogP contribution in [0.5, 0.6) is 0 Å². The zero-order chi connectivity index (χ0) is 14.2. The predicted molar refractivity (Wildman–Crippen MR) is 78.0 cm³/mol. The summed E-state index contributed by atoms with van der Waals surface area (Å²) in [6.07, 6.45) is 1.31. The van der Waals surface area contributed by atoms with Gasteiger partial charge >= 0.3 is 5.97 Å². The van der Waals surface area contributed by atoms with Crippen LogP contribution in [-0.2, 0) is 9.53 Å². The summed E-state index contributed by atoms with van der Waals surface area (Å²) in [6, 6.07) is 3.32. The normalized spacial score (nSPS) is 15.8. The number of esters is 1. The molecule has 0 spiro atoms. The number of hydrogen-bond acceptors (Lipinski definition) is 4. The van der Waals surface area contributed by atoms with E-state index in [1.165, 1.54) is 7.11 Å². The molecule has 1 aromatic carbocycles. The molecule has 1 saturated carbocycles. The summed E-state index contributed by atoms with van der Waals surface area (Å²) in [5.74, 6) is -0.820. The number of amides is 1. The summed E-state index contributed by atoms with van der Waals surface area (Å²) >= 11 is 6.61. The fourth-order valence-electron chi connectivity index (χ4n) is 1.57. The van der Waals surface area contributed by atoms with E-state index < -0.39 is 11.5 Å². The molecule has 0 aliphatic heterocycles. The number of nitrogens with one attached hydrogen (secondary N) is 1. The molecule has 1 fully saturated rings. The minimum absolute atomic E-state index is 0.265. The number of rotatable bonds is 3. The van der Waals surface area contributed by atoms with Crippen molar-refractivity contribution in [2.24, 2.45) is 5.73 Å². The van der Waals surface area contributed by atoms with Gasteiger partial charge in [0.15, 0.2) is 0 Å². The summed E-state index contributed by atoms with van der Waals surface area (Å²) in [5, 5.41) is 2.69. The Morgan fingerprint density at radius 1 is 1.37 bits per heavy atom. The minimum atomic E-state index is -0.806. The number of carbonyl (C=O) groups is 2. The zero-order valence-electron chi connectivity index (χ0n) is 10.1. The topological polar surface area (TPSA) is 81.4 Å². The maximum atomic E-state index is 12.0. The highest BCUT2D eigenvalue weighted by molar-refractivity contribution is 9.11. The van der Waals surface area contributed by atoms with Gasteiger partial charge in [-0.05, 0) is 40.9 Å². The van der Waals surface area contributed by atoms with Crippen LogP contribution in [0.2, 0.25) is 0 Å². The summed E-state index contributed by atoms with van der Waals surface area (Å²) < 4.78 is 5.99. The Labute approximate surface area is 127 Å². The Hall–Kier alpha value is -0.920. The van der Waals surface area contributed by atoms with Gasteiger partial charge < -0.3 is 15.8 Å². The quantitative estimate of drug-likeness (QED) is 0.775. The Morgan fingerprint density at radius 3 is 2.53 bits per heavy atom. The first kappa shape index (κ1) is 14.5. The Morgan fingerprint density at radius 2 is 2.00 bits per heavy atom. The first-order valence-corrected chi connectivity index (χ1v) is 7.14. The molecule has 5 nitrogen and oxygen atoms in total. The fraction of sp³-hybridized carbons (Fsp3) is 0.333. The van der Waals surface area contributed by atoms with Crippen LogP contribution >= 0.6 is 31.9 Å². The van der Waals surface area contributed by atoms with E-state index in [0.29, 0.717) is 27.5 Å². The summed E-state index contributed by atoms with van der Waals surface area (Å²) in [4.78, 5) is 23.7. The van der Waals surface area contributed by atoms with Crippen molar-refractivity contribution in [3.05, 3.63) is 26.6 Å². The van der Waals surface area contributed by atoms with E-state index in [4.69, 9.17) is 10.5 Å². The lowest BCUT2D eigenvalue weighted by Crippen LogP contribution is -2.38. The second-order valence-corrected chi connectivity index (χ2v) is 6.18. The third-order valence-corrected chi connectivity index (χ3v) is 4.02. The first-order valence-electron chi connectivity index (χ1n) is 5.55. The molecule has 0 atom stereocenters. The van der Waals surface area contributed by atoms with E-state index in [1.807, 2.05) is 0 Å². The van der Waals surface area contributed by atoms with Crippen LogP contribution in [0.25, 0.3) is 0 Å². The number of hydrogen-bond donors (Lipinski definition) is 2. The first-order chi connectivity index (χ1) is 8.87. The molecule has 0 unspecified atom stereocenters. The Bertz CT molecular complexity index is 556. The number of carbonyl (C=O) groups excluding carboxylic acids is 2. The molecule has 0 radical (unpaired) electrons. The number of nitrogens with two attached hydrogens (primary N) is 1. The van der Waals surface area contributed by atoms with Crippen molar-refractivity contribution in [3.63, 3.8) is 0 Å². The van der Waals surface area contributed by atoms with E-state index in [9.17, 15) is 9.59 Å². The van der Waals surface area contributed by atoms with Crippen molar-refractivity contribution >= 4 is 49.4 Å². The largest absolute Gasteiger partial charge is 0.465 e. The molecule has 0 bridgehead atoms. The van der Waals surface area contributed by atoms with Gasteiger partial charge in [0.25, 0.3) is 0 Å². The molecule has 1 amide bonds. The van der Waals surface area contributed by atoms with Crippen molar-refractivity contribution in [2.45, 2.75) is 18.4 Å². The summed E-state index contributed by atoms with van der Waals surface area (Å²) in [7, 11) is 1.29. The average Bonchev–Trinajstić information content (AvgIpc) is 3.10. The van der Waals surface area contributed by atoms with Gasteiger partial charge in [-0.15, -0.1) is 0 Å². The van der Waals surface area contributed by atoms with E-state index in [-0.39, 0.29) is 11.5 Å². The second kappa shape index (κ2) is 5.22. The van der Waals surface area contributed by atoms with Gasteiger partial charge in [-0.2, -0.15) is 0 Å². The molecule has 19 heavy (non-hydrogen) atoms. The number of methoxy groups -OCH3 is 1. The summed E-state index contributed by atoms with van der Waals surface area (Å²) in [6.45, 7) is 0. The third kappa shape index (κ3) is 2.98. The van der Waals surface area contributed by atoms with Crippen molar-refractivity contribution in [3.8, 4) is 0 Å². The molecular weight excluding hydrogens is 380 g/mol. The van der Waals surface area contributed by atoms with Gasteiger partial charge in [0, 0.05) is 8.95 Å². The summed E-state index contributed by atoms with van der Waals surface area (Å²) in [5.41, 5.74) is 5.66. The van der Waals surface area contributed by atoms with Crippen molar-refractivity contribution in [1.29, 1.82) is 0 Å². The van der Waals surface area contributed by atoms with Gasteiger partial charge in [0.2, 0.25) is 5.91 Å². The van der Waals surface area contributed by atoms with E-state index in [2.05, 4.69) is 37.2 Å². The minimum Gasteiger partial charge on any atom is -0.465 e. The molecule has 1 aliphatic carbocycles. The predicted octanol–water partition coefficient (Wildman–Crippen LogP) is 2.43. The van der Waals surface area contributed by atoms with Crippen molar-refractivity contribution in [2.75, 3.05) is 12.4 Å². The maximum absolute atomic E-state index is 12.0. The standard InChI is InChI=1S/C12H12Br2N2O3/c1-19-10(17)7-4-6(13)5-8(14)9(7)16-11(18)12(15)2-3-12/h4-5H,2-3,15H2,1H3,(H,16,18). The number of benzene rings is 1. The molecule has 1 aromatic rings. The lowest BCUT2D eigenvalue weighted by Gasteiger charge is -2.15. The lowest BCUT2D eigenvalue weighted by atomic mass is 10.1. The van der Waals surface area contributed by atoms with E-state index in [1.54, 1.807) is 12.1 Å². The van der Waals surface area contributed by atoms with Crippen LogP contribution < -0.4 is 11.1 Å². The highest BCUT2D eigenvalue weighted by Gasteiger charge is 2.46. The van der Waals surface area contributed by atoms with Crippen LogP contribution in [0.4, 0.5) is 5.69 Å². The monoisotopic (exact) mass is 390 g/mol. The van der Waals surface area contributed by atoms with Crippen LogP contribution in [0.15, 0.2) is 21.1 Å². The second-order valence-electron chi connectivity index (χ2n) is 4.41. The van der Waals surface area contributed by atoms with Crippen molar-refractivity contribution in [1.82, 2.24) is 0 Å². The van der Waals surface area contributed by atoms with Crippen LogP contribution in [-0.4, -0.2) is 24.5 Å². The van der Waals surface area contributed by atoms with Gasteiger partial charge in [-0.25, -0.2) is 4.79 Å². The van der Waals surface area contributed by atoms with E-state index in [0.717, 1.165) is 0 Å². The zero-order valence-corrected chi connectivity index (χ0v) is 13.3. The van der Waals surface area contributed by atoms with Crippen LogP contribution in [0.3, 0.4) is 0 Å². The molecule has 2 rings (SSSR count). The lowest BCUT2D eigenvalue weighted by molar-refractivity contribution is -0.118. The number of anilines is 1. The average molecular weight is 392 g/mol. The maximum Gasteiger partial charge on any atom is 0.340 e. The number of ether oxygens (including phenoxy) is 1. The van der Waals surface area contributed by atoms with Gasteiger partial charge in [0.1, 0.15) is 0 Å². The van der Waals surface area contributed by atoms with E-state index >= 15 is 0 Å². The third-order valence-electron chi connectivity index (χ3n) is 2.94. The van der Waals surface area contributed by atoms with Crippen LogP contribution in [0, 0.1) is 0 Å². The van der Waals surface area contributed by atoms with Gasteiger partial charge in [-0.1, -0.05) is 15.9 Å². The molecule has 102 valence electrons. The van der Waals surface area contributed by atoms with Crippen LogP contribution in [0.1, 0.15) is 23.2 Å². The highest BCUT2D eigenvalue weighted by atomic mass is 79.9. The molecule has 0 heterocycles. The number of halogens is 2. The van der Waals surface area contributed by atoms with Crippen molar-refractivity contribution < 1.29 is 14.3 Å². The fourth-order valence-corrected chi connectivity index (χ4v) is 2.90. The highest BCUT2D eigenvalue weighted by Crippen LogP contribution is 2.36. The Balaban J connectivity index is 2.37. The molecule has 7 heteroatoms. The van der Waals surface area contributed by atoms with Gasteiger partial charge in [0.05, 0.1) is 23.9 Å². The molecule has 0 saturated heterocycles. The smallest absolute Gasteiger partial charge is 0.340 e.